The van der Waals surface area contributed by atoms with Crippen molar-refractivity contribution in [2.45, 2.75) is 24.8 Å². The molecule has 0 radical (unpaired) electrons. The Balaban J connectivity index is 1.58. The molecule has 1 aliphatic rings. The van der Waals surface area contributed by atoms with Crippen LogP contribution in [0, 0.1) is 0 Å². The second-order valence-electron chi connectivity index (χ2n) is 5.04. The normalized spacial score (nSPS) is 21.8. The lowest BCUT2D eigenvalue weighted by Gasteiger charge is -2.37. The van der Waals surface area contributed by atoms with Gasteiger partial charge in [0.1, 0.15) is 0 Å². The molecule has 0 saturated heterocycles. The summed E-state index contributed by atoms with van der Waals surface area (Å²) < 4.78 is 1.14. The van der Waals surface area contributed by atoms with Crippen molar-refractivity contribution in [3.05, 3.63) is 63.6 Å². The van der Waals surface area contributed by atoms with Gasteiger partial charge in [-0.2, -0.15) is 0 Å². The lowest BCUT2D eigenvalue weighted by Crippen LogP contribution is -2.34. The summed E-state index contributed by atoms with van der Waals surface area (Å²) in [6.07, 6.45) is 2.35. The van der Waals surface area contributed by atoms with Crippen LogP contribution in [-0.4, -0.2) is 6.04 Å². The standard InChI is InChI=1S/C16H15BrClN/c17-13-7-5-11(6-8-13)12-9-14(10-12)19-16-4-2-1-3-15(16)18/h1-8,12,14,19H,9-10H2. The first-order chi connectivity index (χ1) is 9.22. The van der Waals surface area contributed by atoms with Crippen molar-refractivity contribution >= 4 is 33.2 Å². The van der Waals surface area contributed by atoms with Gasteiger partial charge in [-0.3, -0.25) is 0 Å². The lowest BCUT2D eigenvalue weighted by atomic mass is 9.76. The summed E-state index contributed by atoms with van der Waals surface area (Å²) in [7, 11) is 0. The van der Waals surface area contributed by atoms with Crippen LogP contribution >= 0.6 is 27.5 Å². The van der Waals surface area contributed by atoms with Crippen LogP contribution in [0.2, 0.25) is 5.02 Å². The maximum atomic E-state index is 6.15. The molecule has 0 spiro atoms. The molecule has 1 aliphatic carbocycles. The number of benzene rings is 2. The number of nitrogens with one attached hydrogen (secondary N) is 1. The Kier molecular flexibility index (Phi) is 3.81. The molecule has 98 valence electrons. The molecule has 2 aromatic carbocycles. The van der Waals surface area contributed by atoms with Gasteiger partial charge in [0.25, 0.3) is 0 Å². The molecule has 1 N–H and O–H groups in total. The summed E-state index contributed by atoms with van der Waals surface area (Å²) in [6.45, 7) is 0. The maximum absolute atomic E-state index is 6.15. The summed E-state index contributed by atoms with van der Waals surface area (Å²) in [5.74, 6) is 0.674. The van der Waals surface area contributed by atoms with Crippen molar-refractivity contribution in [2.75, 3.05) is 5.32 Å². The number of para-hydroxylation sites is 1. The molecule has 3 rings (SSSR count). The molecule has 0 amide bonds. The number of rotatable bonds is 3. The topological polar surface area (TPSA) is 12.0 Å². The van der Waals surface area contributed by atoms with Gasteiger partial charge in [-0.25, -0.2) is 0 Å². The molecule has 19 heavy (non-hydrogen) atoms. The van der Waals surface area contributed by atoms with Crippen molar-refractivity contribution in [2.24, 2.45) is 0 Å². The minimum Gasteiger partial charge on any atom is -0.381 e. The van der Waals surface area contributed by atoms with Gasteiger partial charge in [-0.1, -0.05) is 51.8 Å². The zero-order valence-corrected chi connectivity index (χ0v) is 12.8. The molecule has 3 heteroatoms. The van der Waals surface area contributed by atoms with Crippen molar-refractivity contribution in [1.29, 1.82) is 0 Å². The van der Waals surface area contributed by atoms with Crippen LogP contribution in [0.4, 0.5) is 5.69 Å². The van der Waals surface area contributed by atoms with Gasteiger partial charge in [0.2, 0.25) is 0 Å². The van der Waals surface area contributed by atoms with E-state index >= 15 is 0 Å². The Bertz CT molecular complexity index is 561. The van der Waals surface area contributed by atoms with E-state index in [1.165, 1.54) is 18.4 Å². The van der Waals surface area contributed by atoms with Crippen LogP contribution in [-0.2, 0) is 0 Å². The van der Waals surface area contributed by atoms with E-state index in [2.05, 4.69) is 45.5 Å². The van der Waals surface area contributed by atoms with Crippen LogP contribution < -0.4 is 5.32 Å². The monoisotopic (exact) mass is 335 g/mol. The number of hydrogen-bond acceptors (Lipinski definition) is 1. The van der Waals surface area contributed by atoms with Gasteiger partial charge in [-0.05, 0) is 48.6 Å². The maximum Gasteiger partial charge on any atom is 0.0637 e. The Labute approximate surface area is 127 Å². The van der Waals surface area contributed by atoms with E-state index in [0.29, 0.717) is 12.0 Å². The zero-order valence-electron chi connectivity index (χ0n) is 10.4. The van der Waals surface area contributed by atoms with E-state index in [4.69, 9.17) is 11.6 Å². The van der Waals surface area contributed by atoms with E-state index in [9.17, 15) is 0 Å². The van der Waals surface area contributed by atoms with Gasteiger partial charge in [0.15, 0.2) is 0 Å². The molecule has 0 bridgehead atoms. The summed E-state index contributed by atoms with van der Waals surface area (Å²) in [4.78, 5) is 0. The Morgan fingerprint density at radius 1 is 1.00 bits per heavy atom. The molecular weight excluding hydrogens is 322 g/mol. The third-order valence-corrected chi connectivity index (χ3v) is 4.57. The minimum absolute atomic E-state index is 0.536. The number of anilines is 1. The number of hydrogen-bond donors (Lipinski definition) is 1. The smallest absolute Gasteiger partial charge is 0.0637 e. The first-order valence-electron chi connectivity index (χ1n) is 6.49. The van der Waals surface area contributed by atoms with Crippen molar-refractivity contribution < 1.29 is 0 Å². The Hall–Kier alpha value is -0.990. The lowest BCUT2D eigenvalue weighted by molar-refractivity contribution is 0.374. The van der Waals surface area contributed by atoms with Crippen molar-refractivity contribution in [1.82, 2.24) is 0 Å². The second kappa shape index (κ2) is 5.56. The second-order valence-corrected chi connectivity index (χ2v) is 6.36. The van der Waals surface area contributed by atoms with Gasteiger partial charge in [0.05, 0.1) is 10.7 Å². The van der Waals surface area contributed by atoms with Crippen LogP contribution in [0.1, 0.15) is 24.3 Å². The third kappa shape index (κ3) is 2.96. The predicted molar refractivity (Wildman–Crippen MR) is 85.0 cm³/mol. The Morgan fingerprint density at radius 3 is 2.37 bits per heavy atom. The van der Waals surface area contributed by atoms with Gasteiger partial charge in [-0.15, -0.1) is 0 Å². The largest absolute Gasteiger partial charge is 0.381 e. The molecule has 1 nitrogen and oxygen atoms in total. The fourth-order valence-electron chi connectivity index (χ4n) is 2.54. The average molecular weight is 337 g/mol. The fraction of sp³-hybridized carbons (Fsp3) is 0.250. The van der Waals surface area contributed by atoms with Crippen LogP contribution in [0.3, 0.4) is 0 Å². The molecule has 1 saturated carbocycles. The highest BCUT2D eigenvalue weighted by Crippen LogP contribution is 2.39. The van der Waals surface area contributed by atoms with Crippen LogP contribution in [0.15, 0.2) is 53.0 Å². The molecule has 2 aromatic rings. The van der Waals surface area contributed by atoms with Crippen LogP contribution in [0.25, 0.3) is 0 Å². The first-order valence-corrected chi connectivity index (χ1v) is 7.66. The van der Waals surface area contributed by atoms with Gasteiger partial charge >= 0.3 is 0 Å². The minimum atomic E-state index is 0.536. The van der Waals surface area contributed by atoms with Crippen molar-refractivity contribution in [3.63, 3.8) is 0 Å². The quantitative estimate of drug-likeness (QED) is 0.784. The average Bonchev–Trinajstić information content (AvgIpc) is 2.37. The van der Waals surface area contributed by atoms with Crippen molar-refractivity contribution in [3.8, 4) is 0 Å². The molecule has 0 heterocycles. The molecule has 0 unspecified atom stereocenters. The van der Waals surface area contributed by atoms with Gasteiger partial charge in [0, 0.05) is 10.5 Å². The van der Waals surface area contributed by atoms with E-state index in [-0.39, 0.29) is 0 Å². The Morgan fingerprint density at radius 2 is 1.68 bits per heavy atom. The summed E-state index contributed by atoms with van der Waals surface area (Å²) in [5.41, 5.74) is 2.48. The summed E-state index contributed by atoms with van der Waals surface area (Å²) >= 11 is 9.62. The SMILES string of the molecule is Clc1ccccc1NC1CC(c2ccc(Br)cc2)C1. The highest BCUT2D eigenvalue weighted by Gasteiger charge is 2.30. The highest BCUT2D eigenvalue weighted by atomic mass is 79.9. The summed E-state index contributed by atoms with van der Waals surface area (Å²) in [5, 5.41) is 4.32. The highest BCUT2D eigenvalue weighted by molar-refractivity contribution is 9.10. The molecule has 1 fully saturated rings. The van der Waals surface area contributed by atoms with E-state index in [1.54, 1.807) is 0 Å². The van der Waals surface area contributed by atoms with E-state index in [0.717, 1.165) is 15.2 Å². The molecule has 0 atom stereocenters. The predicted octanol–water partition coefficient (Wildman–Crippen LogP) is 5.46. The molecule has 0 aliphatic heterocycles. The van der Waals surface area contributed by atoms with E-state index in [1.807, 2.05) is 24.3 Å². The van der Waals surface area contributed by atoms with E-state index < -0.39 is 0 Å². The zero-order chi connectivity index (χ0) is 13.2. The third-order valence-electron chi connectivity index (χ3n) is 3.71. The van der Waals surface area contributed by atoms with Gasteiger partial charge < -0.3 is 5.32 Å². The molecule has 0 aromatic heterocycles. The van der Waals surface area contributed by atoms with Crippen LogP contribution in [0.5, 0.6) is 0 Å². The summed E-state index contributed by atoms with van der Waals surface area (Å²) in [6, 6.07) is 17.1. The fourth-order valence-corrected chi connectivity index (χ4v) is 3.00. The number of halogens is 2. The first kappa shape index (κ1) is 13.0. The molecular formula is C16H15BrClN.